The zero-order valence-electron chi connectivity index (χ0n) is 10.3. The summed E-state index contributed by atoms with van der Waals surface area (Å²) in [5.41, 5.74) is 5.64. The molecule has 1 N–H and O–H groups in total. The third-order valence-electron chi connectivity index (χ3n) is 3.70. The van der Waals surface area contributed by atoms with E-state index in [2.05, 4.69) is 44.2 Å². The number of likely N-dealkylation sites (N-methyl/N-ethyl adjacent to an activating group) is 1. The van der Waals surface area contributed by atoms with E-state index in [1.807, 2.05) is 0 Å². The van der Waals surface area contributed by atoms with E-state index in [-0.39, 0.29) is 0 Å². The molecule has 2 nitrogen and oxygen atoms in total. The number of nitrogens with one attached hydrogen (secondary N) is 1. The van der Waals surface area contributed by atoms with E-state index in [0.717, 1.165) is 11.0 Å². The minimum atomic E-state index is 1.10. The molecule has 2 aromatic rings. The topological polar surface area (TPSA) is 15.8 Å². The third-order valence-corrected chi connectivity index (χ3v) is 3.70. The van der Waals surface area contributed by atoms with Gasteiger partial charge < -0.3 is 9.47 Å². The Kier molecular flexibility index (Phi) is 1.93. The highest BCUT2D eigenvalue weighted by molar-refractivity contribution is 5.85. The van der Waals surface area contributed by atoms with Gasteiger partial charge in [-0.25, -0.2) is 0 Å². The fourth-order valence-corrected chi connectivity index (χ4v) is 2.77. The van der Waals surface area contributed by atoms with Gasteiger partial charge in [-0.05, 0) is 24.1 Å². The van der Waals surface area contributed by atoms with Crippen molar-refractivity contribution in [2.45, 2.75) is 19.9 Å². The van der Waals surface area contributed by atoms with Crippen LogP contribution in [-0.4, -0.2) is 30.1 Å². The summed E-state index contributed by atoms with van der Waals surface area (Å²) in [5, 5.41) is 1.43. The Morgan fingerprint density at radius 3 is 2.88 bits per heavy atom. The number of fused-ring (bicyclic) bond motifs is 3. The van der Waals surface area contributed by atoms with Crippen molar-refractivity contribution in [3.63, 3.8) is 0 Å². The first-order valence-corrected chi connectivity index (χ1v) is 5.97. The number of hydrogen-bond acceptors (Lipinski definition) is 0. The van der Waals surface area contributed by atoms with Gasteiger partial charge in [-0.3, -0.25) is 0 Å². The molecule has 0 fully saturated rings. The summed E-state index contributed by atoms with van der Waals surface area (Å²) >= 11 is 0. The molecule has 16 heavy (non-hydrogen) atoms. The molecule has 84 valence electrons. The Morgan fingerprint density at radius 1 is 1.25 bits per heavy atom. The number of aromatic nitrogens is 1. The van der Waals surface area contributed by atoms with Gasteiger partial charge in [0.25, 0.3) is 0 Å². The van der Waals surface area contributed by atoms with E-state index in [1.165, 1.54) is 35.1 Å². The molecule has 1 aromatic heterocycles. The van der Waals surface area contributed by atoms with Crippen molar-refractivity contribution in [1.29, 1.82) is 0 Å². The third kappa shape index (κ3) is 1.45. The van der Waals surface area contributed by atoms with E-state index >= 15 is 0 Å². The van der Waals surface area contributed by atoms with Crippen LogP contribution in [-0.2, 0) is 13.0 Å². The molecular weight excluding hydrogens is 196 g/mol. The molecule has 3 rings (SSSR count). The summed E-state index contributed by atoms with van der Waals surface area (Å²) in [6.07, 6.45) is 1.20. The number of nitrogens with zero attached hydrogens (tertiary/aromatic N) is 1. The van der Waals surface area contributed by atoms with Crippen molar-refractivity contribution in [3.05, 3.63) is 35.0 Å². The van der Waals surface area contributed by atoms with Crippen molar-refractivity contribution in [2.24, 2.45) is 0 Å². The Bertz CT molecular complexity index is 549. The van der Waals surface area contributed by atoms with Crippen molar-refractivity contribution in [3.8, 4) is 0 Å². The number of aryl methyl sites for hydroxylation is 1. The molecule has 0 atom stereocenters. The highest BCUT2D eigenvalue weighted by Gasteiger charge is 2.26. The average molecular weight is 215 g/mol. The van der Waals surface area contributed by atoms with Gasteiger partial charge in [0.1, 0.15) is 6.54 Å². The lowest BCUT2D eigenvalue weighted by molar-refractivity contribution is -0.905. The van der Waals surface area contributed by atoms with Gasteiger partial charge in [0.15, 0.2) is 0 Å². The van der Waals surface area contributed by atoms with Crippen molar-refractivity contribution >= 4 is 10.9 Å². The first-order chi connectivity index (χ1) is 7.55. The zero-order chi connectivity index (χ0) is 11.3. The number of H-pyrrole nitrogens is 1. The molecule has 0 spiro atoms. The molecule has 0 amide bonds. The molecule has 0 bridgehead atoms. The van der Waals surface area contributed by atoms with Crippen molar-refractivity contribution < 1.29 is 4.48 Å². The molecule has 0 aliphatic carbocycles. The quantitative estimate of drug-likeness (QED) is 0.650. The smallest absolute Gasteiger partial charge is 0.119 e. The molecule has 1 aliphatic heterocycles. The van der Waals surface area contributed by atoms with Crippen LogP contribution in [0, 0.1) is 6.92 Å². The maximum absolute atomic E-state index is 3.60. The van der Waals surface area contributed by atoms with Crippen molar-refractivity contribution in [1.82, 2.24) is 4.98 Å². The summed E-state index contributed by atoms with van der Waals surface area (Å²) in [7, 11) is 4.61. The zero-order valence-corrected chi connectivity index (χ0v) is 10.3. The second-order valence-electron chi connectivity index (χ2n) is 5.70. The molecule has 1 aliphatic rings. The second-order valence-corrected chi connectivity index (χ2v) is 5.70. The normalized spacial score (nSPS) is 18.7. The van der Waals surface area contributed by atoms with Gasteiger partial charge in [0.05, 0.1) is 26.3 Å². The first-order valence-electron chi connectivity index (χ1n) is 5.97. The molecule has 2 heteroatoms. The predicted molar refractivity (Wildman–Crippen MR) is 67.4 cm³/mol. The van der Waals surface area contributed by atoms with Crippen LogP contribution in [0.1, 0.15) is 16.8 Å². The fourth-order valence-electron chi connectivity index (χ4n) is 2.77. The monoisotopic (exact) mass is 215 g/mol. The number of hydrogen-bond donors (Lipinski definition) is 1. The number of rotatable bonds is 0. The van der Waals surface area contributed by atoms with E-state index in [1.54, 1.807) is 5.56 Å². The summed E-state index contributed by atoms with van der Waals surface area (Å²) in [4.78, 5) is 3.60. The van der Waals surface area contributed by atoms with Crippen molar-refractivity contribution in [2.75, 3.05) is 20.6 Å². The van der Waals surface area contributed by atoms with Gasteiger partial charge >= 0.3 is 0 Å². The molecule has 0 unspecified atom stereocenters. The number of aromatic amines is 1. The predicted octanol–water partition coefficient (Wildman–Crippen LogP) is 2.61. The molecule has 1 aromatic carbocycles. The van der Waals surface area contributed by atoms with Gasteiger partial charge in [-0.15, -0.1) is 0 Å². The SMILES string of the molecule is Cc1ccc2c3c([nH]c2c1)C[N+](C)(C)CC3. The molecular formula is C14H19N2+. The van der Waals surface area contributed by atoms with E-state index in [9.17, 15) is 0 Å². The lowest BCUT2D eigenvalue weighted by Gasteiger charge is -2.33. The Labute approximate surface area is 96.5 Å². The van der Waals surface area contributed by atoms with Gasteiger partial charge in [-0.1, -0.05) is 12.1 Å². The second kappa shape index (κ2) is 3.11. The minimum Gasteiger partial charge on any atom is -0.354 e. The van der Waals surface area contributed by atoms with Gasteiger partial charge in [0.2, 0.25) is 0 Å². The average Bonchev–Trinajstić information content (AvgIpc) is 2.51. The molecule has 0 radical (unpaired) electrons. The Morgan fingerprint density at radius 2 is 2.06 bits per heavy atom. The lowest BCUT2D eigenvalue weighted by Crippen LogP contribution is -2.43. The summed E-state index contributed by atoms with van der Waals surface area (Å²) in [6, 6.07) is 6.74. The maximum Gasteiger partial charge on any atom is 0.119 e. The standard InChI is InChI=1S/C14H19N2/c1-10-4-5-11-12-6-7-16(2,3)9-14(12)15-13(11)8-10/h4-5,8,15H,6-7,9H2,1-3H3/q+1. The van der Waals surface area contributed by atoms with Crippen LogP contribution in [0.4, 0.5) is 0 Å². The van der Waals surface area contributed by atoms with E-state index < -0.39 is 0 Å². The maximum atomic E-state index is 3.60. The first kappa shape index (κ1) is 9.91. The van der Waals surface area contributed by atoms with E-state index in [0.29, 0.717) is 0 Å². The van der Waals surface area contributed by atoms with Crippen LogP contribution in [0.2, 0.25) is 0 Å². The van der Waals surface area contributed by atoms with Crippen LogP contribution < -0.4 is 0 Å². The highest BCUT2D eigenvalue weighted by atomic mass is 15.3. The van der Waals surface area contributed by atoms with Crippen LogP contribution in [0.5, 0.6) is 0 Å². The fraction of sp³-hybridized carbons (Fsp3) is 0.429. The van der Waals surface area contributed by atoms with Crippen LogP contribution in [0.15, 0.2) is 18.2 Å². The summed E-state index contributed by atoms with van der Waals surface area (Å²) in [5.74, 6) is 0. The number of benzene rings is 1. The summed E-state index contributed by atoms with van der Waals surface area (Å²) in [6.45, 7) is 4.52. The van der Waals surface area contributed by atoms with Gasteiger partial charge in [-0.2, -0.15) is 0 Å². The Hall–Kier alpha value is -1.28. The molecule has 2 heterocycles. The van der Waals surface area contributed by atoms with E-state index in [4.69, 9.17) is 0 Å². The minimum absolute atomic E-state index is 1.10. The molecule has 0 saturated carbocycles. The van der Waals surface area contributed by atoms with Gasteiger partial charge in [0, 0.05) is 17.3 Å². The lowest BCUT2D eigenvalue weighted by atomic mass is 10.0. The molecule has 0 saturated heterocycles. The highest BCUT2D eigenvalue weighted by Crippen LogP contribution is 2.29. The van der Waals surface area contributed by atoms with Crippen LogP contribution >= 0.6 is 0 Å². The largest absolute Gasteiger partial charge is 0.354 e. The van der Waals surface area contributed by atoms with Crippen LogP contribution in [0.3, 0.4) is 0 Å². The number of quaternary nitrogens is 1. The van der Waals surface area contributed by atoms with Crippen LogP contribution in [0.25, 0.3) is 10.9 Å². The summed E-state index contributed by atoms with van der Waals surface area (Å²) < 4.78 is 1.10. The Balaban J connectivity index is 2.20.